The average molecular weight is 305 g/mol. The van der Waals surface area contributed by atoms with Crippen molar-refractivity contribution in [2.45, 2.75) is 32.2 Å². The lowest BCUT2D eigenvalue weighted by Crippen LogP contribution is -2.45. The average Bonchev–Trinajstić information content (AvgIpc) is 2.76. The summed E-state index contributed by atoms with van der Waals surface area (Å²) >= 11 is 0. The van der Waals surface area contributed by atoms with Crippen molar-refractivity contribution in [3.05, 3.63) is 35.9 Å². The summed E-state index contributed by atoms with van der Waals surface area (Å²) in [5.41, 5.74) is 1.04. The Bertz CT molecular complexity index is 527. The number of carbonyl (C=O) groups excluding carboxylic acids is 2. The Morgan fingerprint density at radius 3 is 2.18 bits per heavy atom. The minimum absolute atomic E-state index is 0.0457. The van der Waals surface area contributed by atoms with Crippen molar-refractivity contribution in [2.75, 3.05) is 13.2 Å². The minimum Gasteiger partial charge on any atom is -0.394 e. The second-order valence-electron chi connectivity index (χ2n) is 5.81. The van der Waals surface area contributed by atoms with Gasteiger partial charge in [-0.15, -0.1) is 0 Å². The van der Waals surface area contributed by atoms with Crippen LogP contribution in [0.2, 0.25) is 0 Å². The molecule has 0 saturated carbocycles. The number of aliphatic hydroxyl groups excluding tert-OH is 2. The van der Waals surface area contributed by atoms with E-state index >= 15 is 0 Å². The first-order valence-corrected chi connectivity index (χ1v) is 7.70. The molecule has 1 aliphatic heterocycles. The van der Waals surface area contributed by atoms with Crippen LogP contribution in [0.25, 0.3) is 0 Å². The van der Waals surface area contributed by atoms with Crippen LogP contribution in [-0.2, 0) is 9.59 Å². The number of hydrogen-bond acceptors (Lipinski definition) is 4. The van der Waals surface area contributed by atoms with Crippen LogP contribution in [0.1, 0.15) is 31.7 Å². The van der Waals surface area contributed by atoms with Crippen molar-refractivity contribution in [3.8, 4) is 0 Å². The van der Waals surface area contributed by atoms with Crippen molar-refractivity contribution >= 4 is 11.8 Å². The summed E-state index contributed by atoms with van der Waals surface area (Å²) in [4.78, 5) is 26.2. The molecule has 5 heteroatoms. The molecule has 5 nitrogen and oxygen atoms in total. The van der Waals surface area contributed by atoms with Crippen molar-refractivity contribution in [2.24, 2.45) is 11.8 Å². The van der Waals surface area contributed by atoms with Crippen molar-refractivity contribution < 1.29 is 19.8 Å². The van der Waals surface area contributed by atoms with Gasteiger partial charge in [-0.3, -0.25) is 14.5 Å². The fraction of sp³-hybridized carbons (Fsp3) is 0.529. The van der Waals surface area contributed by atoms with Gasteiger partial charge in [0.05, 0.1) is 25.2 Å². The topological polar surface area (TPSA) is 77.8 Å². The number of likely N-dealkylation sites (tertiary alicyclic amines) is 1. The molecule has 2 rings (SSSR count). The Morgan fingerprint density at radius 1 is 1.09 bits per heavy atom. The maximum Gasteiger partial charge on any atom is 0.234 e. The van der Waals surface area contributed by atoms with Gasteiger partial charge in [0.1, 0.15) is 0 Å². The molecule has 0 spiro atoms. The summed E-state index contributed by atoms with van der Waals surface area (Å²) in [6.07, 6.45) is 0.745. The van der Waals surface area contributed by atoms with Crippen molar-refractivity contribution in [3.63, 3.8) is 0 Å². The molecule has 2 amide bonds. The van der Waals surface area contributed by atoms with Crippen LogP contribution < -0.4 is 0 Å². The molecule has 1 saturated heterocycles. The molecule has 2 N–H and O–H groups in total. The lowest BCUT2D eigenvalue weighted by atomic mass is 9.78. The monoisotopic (exact) mass is 305 g/mol. The zero-order valence-electron chi connectivity index (χ0n) is 13.0. The highest BCUT2D eigenvalue weighted by Crippen LogP contribution is 2.40. The van der Waals surface area contributed by atoms with Crippen LogP contribution in [0.3, 0.4) is 0 Å². The molecule has 1 aromatic rings. The highest BCUT2D eigenvalue weighted by molar-refractivity contribution is 6.05. The summed E-state index contributed by atoms with van der Waals surface area (Å²) in [6, 6.07) is 8.85. The third kappa shape index (κ3) is 2.78. The van der Waals surface area contributed by atoms with Crippen molar-refractivity contribution in [1.29, 1.82) is 0 Å². The van der Waals surface area contributed by atoms with Gasteiger partial charge >= 0.3 is 0 Å². The third-order valence-electron chi connectivity index (χ3n) is 4.58. The van der Waals surface area contributed by atoms with E-state index < -0.39 is 31.1 Å². The zero-order chi connectivity index (χ0) is 16.3. The van der Waals surface area contributed by atoms with Gasteiger partial charge in [0.25, 0.3) is 0 Å². The first kappa shape index (κ1) is 16.6. The van der Waals surface area contributed by atoms with Crippen LogP contribution in [0.4, 0.5) is 0 Å². The quantitative estimate of drug-likeness (QED) is 0.773. The molecule has 1 aromatic carbocycles. The molecule has 1 aliphatic rings. The van der Waals surface area contributed by atoms with Crippen molar-refractivity contribution in [1.82, 2.24) is 4.90 Å². The normalized spacial score (nSPS) is 23.4. The molecular formula is C17H23NO4. The van der Waals surface area contributed by atoms with Gasteiger partial charge in [-0.2, -0.15) is 0 Å². The third-order valence-corrected chi connectivity index (χ3v) is 4.58. The Morgan fingerprint density at radius 2 is 1.68 bits per heavy atom. The molecule has 1 fully saturated rings. The van der Waals surface area contributed by atoms with E-state index in [9.17, 15) is 19.8 Å². The summed E-state index contributed by atoms with van der Waals surface area (Å²) in [6.45, 7) is 2.91. The van der Waals surface area contributed by atoms with Gasteiger partial charge in [0.15, 0.2) is 0 Å². The molecule has 3 atom stereocenters. The van der Waals surface area contributed by atoms with Gasteiger partial charge in [0.2, 0.25) is 11.8 Å². The highest BCUT2D eigenvalue weighted by Gasteiger charge is 2.50. The van der Waals surface area contributed by atoms with Gasteiger partial charge < -0.3 is 10.2 Å². The lowest BCUT2D eigenvalue weighted by molar-refractivity contribution is -0.145. The number of nitrogens with zero attached hydrogens (tertiary/aromatic N) is 1. The molecule has 3 unspecified atom stereocenters. The van der Waals surface area contributed by atoms with Gasteiger partial charge in [-0.05, 0) is 17.9 Å². The number of aliphatic hydroxyl groups is 2. The van der Waals surface area contributed by atoms with Crippen LogP contribution in [0.5, 0.6) is 0 Å². The summed E-state index contributed by atoms with van der Waals surface area (Å²) in [7, 11) is 0. The first-order valence-electron chi connectivity index (χ1n) is 7.70. The maximum atomic E-state index is 12.7. The molecule has 0 radical (unpaired) electrons. The summed E-state index contributed by atoms with van der Waals surface area (Å²) in [5.74, 6) is -1.53. The SMILES string of the molecule is CCC(c1ccccc1)C1C(=O)N(C(CO)CO)C(=O)C1C. The number of amides is 2. The largest absolute Gasteiger partial charge is 0.394 e. The van der Waals surface area contributed by atoms with E-state index in [-0.39, 0.29) is 17.7 Å². The first-order chi connectivity index (χ1) is 10.6. The van der Waals surface area contributed by atoms with E-state index in [4.69, 9.17) is 0 Å². The fourth-order valence-corrected chi connectivity index (χ4v) is 3.35. The van der Waals surface area contributed by atoms with Gasteiger partial charge in [-0.1, -0.05) is 44.2 Å². The number of benzene rings is 1. The highest BCUT2D eigenvalue weighted by atomic mass is 16.3. The van der Waals surface area contributed by atoms with E-state index in [0.717, 1.165) is 16.9 Å². The molecule has 0 aromatic heterocycles. The Kier molecular flexibility index (Phi) is 5.32. The second-order valence-corrected chi connectivity index (χ2v) is 5.81. The van der Waals surface area contributed by atoms with Crippen LogP contribution in [0, 0.1) is 11.8 Å². The number of carbonyl (C=O) groups is 2. The number of rotatable bonds is 6. The molecule has 0 bridgehead atoms. The van der Waals surface area contributed by atoms with Gasteiger partial charge in [-0.25, -0.2) is 0 Å². The molecule has 1 heterocycles. The van der Waals surface area contributed by atoms with E-state index in [1.165, 1.54) is 0 Å². The summed E-state index contributed by atoms with van der Waals surface area (Å²) < 4.78 is 0. The predicted octanol–water partition coefficient (Wildman–Crippen LogP) is 1.15. The lowest BCUT2D eigenvalue weighted by Gasteiger charge is -2.25. The Hall–Kier alpha value is -1.72. The standard InChI is InChI=1S/C17H23NO4/c1-3-14(12-7-5-4-6-8-12)15-11(2)16(21)18(17(15)22)13(9-19)10-20/h4-8,11,13-15,19-20H,3,9-10H2,1-2H3. The Labute approximate surface area is 130 Å². The molecule has 120 valence electrons. The van der Waals surface area contributed by atoms with Crippen LogP contribution >= 0.6 is 0 Å². The number of hydrogen-bond donors (Lipinski definition) is 2. The van der Waals surface area contributed by atoms with E-state index in [1.54, 1.807) is 6.92 Å². The second kappa shape index (κ2) is 7.03. The Balaban J connectivity index is 2.34. The van der Waals surface area contributed by atoms with E-state index in [1.807, 2.05) is 37.3 Å². The maximum absolute atomic E-state index is 12.7. The zero-order valence-corrected chi connectivity index (χ0v) is 13.0. The van der Waals surface area contributed by atoms with Gasteiger partial charge in [0, 0.05) is 5.92 Å². The number of imide groups is 1. The molecule has 22 heavy (non-hydrogen) atoms. The fourth-order valence-electron chi connectivity index (χ4n) is 3.35. The van der Waals surface area contributed by atoms with Crippen LogP contribution in [0.15, 0.2) is 30.3 Å². The molecular weight excluding hydrogens is 282 g/mol. The van der Waals surface area contributed by atoms with E-state index in [2.05, 4.69) is 0 Å². The minimum atomic E-state index is -0.847. The van der Waals surface area contributed by atoms with E-state index in [0.29, 0.717) is 0 Å². The smallest absolute Gasteiger partial charge is 0.234 e. The predicted molar refractivity (Wildman–Crippen MR) is 81.9 cm³/mol. The molecule has 0 aliphatic carbocycles. The summed E-state index contributed by atoms with van der Waals surface area (Å²) in [5, 5.41) is 18.6. The van der Waals surface area contributed by atoms with Crippen LogP contribution in [-0.4, -0.2) is 46.2 Å².